The Kier molecular flexibility index (Phi) is 10.7. The molecule has 14 rings (SSSR count). The summed E-state index contributed by atoms with van der Waals surface area (Å²) in [5, 5.41) is 8.08. The van der Waals surface area contributed by atoms with E-state index in [1.165, 1.54) is 130 Å². The van der Waals surface area contributed by atoms with Crippen LogP contribution in [0.25, 0.3) is 65.7 Å². The number of rotatable bonds is 3. The van der Waals surface area contributed by atoms with Gasteiger partial charge in [-0.05, 0) is 139 Å². The monoisotopic (exact) mass is 884 g/mol. The molecule has 3 aliphatic rings. The summed E-state index contributed by atoms with van der Waals surface area (Å²) >= 11 is 0. The summed E-state index contributed by atoms with van der Waals surface area (Å²) in [5.41, 5.74) is 20.8. The Hall–Kier alpha value is -7.80. The summed E-state index contributed by atoms with van der Waals surface area (Å²) in [6.07, 6.45) is 5.30. The van der Waals surface area contributed by atoms with E-state index in [0.29, 0.717) is 0 Å². The van der Waals surface area contributed by atoms with Crippen molar-refractivity contribution in [3.05, 3.63) is 287 Å². The van der Waals surface area contributed by atoms with Crippen molar-refractivity contribution in [3.63, 3.8) is 0 Å². The Morgan fingerprint density at radius 2 is 0.696 bits per heavy atom. The van der Waals surface area contributed by atoms with Gasteiger partial charge in [0.1, 0.15) is 0 Å². The molecule has 0 radical (unpaired) electrons. The molecule has 332 valence electrons. The SMILES string of the molecule is Cc1ccc(-c2ccc3c(c2)C2(CCCC2)c2ccccc2-3)cc1.Cc1ccc2c(c1)C(c1ccccc1)(c1ccccc1)c1ccccc1-2.Cc1ccc2c3ccccc3c3ccccc3c2c1. The molecule has 0 atom stereocenters. The van der Waals surface area contributed by atoms with Crippen LogP contribution in [0.2, 0.25) is 0 Å². The van der Waals surface area contributed by atoms with E-state index in [0.717, 1.165) is 0 Å². The fourth-order valence-corrected chi connectivity index (χ4v) is 12.5. The van der Waals surface area contributed by atoms with Crippen LogP contribution in [0.3, 0.4) is 0 Å². The van der Waals surface area contributed by atoms with E-state index in [4.69, 9.17) is 0 Å². The second-order valence-corrected chi connectivity index (χ2v) is 19.7. The number of hydrogen-bond donors (Lipinski definition) is 0. The Bertz CT molecular complexity index is 3610. The number of hydrogen-bond acceptors (Lipinski definition) is 0. The Morgan fingerprint density at radius 1 is 0.275 bits per heavy atom. The second-order valence-electron chi connectivity index (χ2n) is 19.7. The fourth-order valence-electron chi connectivity index (χ4n) is 12.5. The van der Waals surface area contributed by atoms with Crippen molar-refractivity contribution >= 4 is 32.3 Å². The third-order valence-corrected chi connectivity index (χ3v) is 15.6. The first kappa shape index (κ1) is 42.5. The molecule has 0 bridgehead atoms. The van der Waals surface area contributed by atoms with E-state index in [2.05, 4.69) is 257 Å². The molecule has 1 spiro atoms. The number of aryl methyl sites for hydroxylation is 3. The van der Waals surface area contributed by atoms with Gasteiger partial charge in [-0.3, -0.25) is 0 Å². The molecule has 0 aromatic heterocycles. The van der Waals surface area contributed by atoms with Crippen LogP contribution in [0, 0.1) is 20.8 Å². The van der Waals surface area contributed by atoms with Crippen molar-refractivity contribution in [3.8, 4) is 33.4 Å². The van der Waals surface area contributed by atoms with Gasteiger partial charge in [0.2, 0.25) is 0 Å². The summed E-state index contributed by atoms with van der Waals surface area (Å²) in [6.45, 7) is 6.49. The fraction of sp³-hybridized carbons (Fsp3) is 0.130. The molecule has 0 aliphatic heterocycles. The maximum atomic E-state index is 2.48. The van der Waals surface area contributed by atoms with Gasteiger partial charge in [0.15, 0.2) is 0 Å². The van der Waals surface area contributed by atoms with Crippen molar-refractivity contribution in [2.45, 2.75) is 57.3 Å². The van der Waals surface area contributed by atoms with Crippen molar-refractivity contribution < 1.29 is 0 Å². The normalized spacial score (nSPS) is 14.3. The molecule has 0 unspecified atom stereocenters. The van der Waals surface area contributed by atoms with E-state index < -0.39 is 0 Å². The van der Waals surface area contributed by atoms with Crippen LogP contribution in [0.1, 0.15) is 75.8 Å². The largest absolute Gasteiger partial charge is 0.0713 e. The van der Waals surface area contributed by atoms with Crippen LogP contribution in [-0.2, 0) is 10.8 Å². The zero-order chi connectivity index (χ0) is 46.5. The van der Waals surface area contributed by atoms with Gasteiger partial charge in [-0.2, -0.15) is 0 Å². The van der Waals surface area contributed by atoms with Crippen LogP contribution < -0.4 is 0 Å². The van der Waals surface area contributed by atoms with Crippen molar-refractivity contribution in [1.82, 2.24) is 0 Å². The zero-order valence-corrected chi connectivity index (χ0v) is 39.8. The minimum Gasteiger partial charge on any atom is -0.0622 e. The van der Waals surface area contributed by atoms with Crippen molar-refractivity contribution in [2.75, 3.05) is 0 Å². The molecule has 1 fully saturated rings. The Balaban J connectivity index is 0.000000108. The standard InChI is InChI=1S/C26H20.C24H22.C19H14/c1-19-16-17-23-22-14-8-9-15-24(22)26(25(23)18-19,20-10-4-2-5-11-20)21-12-6-3-7-13-21;1-17-8-10-18(11-9-17)19-12-13-21-20-6-2-3-7-22(20)24(23(21)16-19)14-4-5-15-24;1-13-10-11-18-16-8-3-2-6-14(16)15-7-4-5-9-17(15)19(18)12-13/h2-18H,1H3;2-3,6-13,16H,4-5,14-15H2,1H3;2-12H,1H3. The number of fused-ring (bicyclic) bond motifs is 14. The predicted molar refractivity (Wildman–Crippen MR) is 293 cm³/mol. The average Bonchev–Trinajstić information content (AvgIpc) is 4.10. The summed E-state index contributed by atoms with van der Waals surface area (Å²) in [4.78, 5) is 0. The third kappa shape index (κ3) is 7.04. The highest BCUT2D eigenvalue weighted by atomic mass is 14.5. The van der Waals surface area contributed by atoms with Gasteiger partial charge in [0.05, 0.1) is 5.41 Å². The lowest BCUT2D eigenvalue weighted by atomic mass is 9.67. The topological polar surface area (TPSA) is 0 Å². The van der Waals surface area contributed by atoms with E-state index in [9.17, 15) is 0 Å². The third-order valence-electron chi connectivity index (χ3n) is 15.6. The van der Waals surface area contributed by atoms with Crippen LogP contribution in [0.15, 0.2) is 237 Å². The molecule has 0 nitrogen and oxygen atoms in total. The summed E-state index contributed by atoms with van der Waals surface area (Å²) < 4.78 is 0. The predicted octanol–water partition coefficient (Wildman–Crippen LogP) is 18.3. The first-order valence-electron chi connectivity index (χ1n) is 24.9. The molecule has 11 aromatic carbocycles. The van der Waals surface area contributed by atoms with Gasteiger partial charge in [-0.1, -0.05) is 260 Å². The van der Waals surface area contributed by atoms with Gasteiger partial charge in [-0.15, -0.1) is 0 Å². The van der Waals surface area contributed by atoms with E-state index in [-0.39, 0.29) is 10.8 Å². The van der Waals surface area contributed by atoms with E-state index in [1.54, 1.807) is 11.1 Å². The second kappa shape index (κ2) is 17.4. The van der Waals surface area contributed by atoms with Gasteiger partial charge >= 0.3 is 0 Å². The molecule has 0 N–H and O–H groups in total. The summed E-state index contributed by atoms with van der Waals surface area (Å²) in [7, 11) is 0. The van der Waals surface area contributed by atoms with Crippen LogP contribution >= 0.6 is 0 Å². The molecular formula is C69H56. The smallest absolute Gasteiger partial charge is 0.0622 e. The van der Waals surface area contributed by atoms with Crippen molar-refractivity contribution in [1.29, 1.82) is 0 Å². The molecule has 11 aromatic rings. The summed E-state index contributed by atoms with van der Waals surface area (Å²) in [5.74, 6) is 0. The molecule has 69 heavy (non-hydrogen) atoms. The molecular weight excluding hydrogens is 829 g/mol. The van der Waals surface area contributed by atoms with E-state index in [1.807, 2.05) is 0 Å². The average molecular weight is 885 g/mol. The maximum absolute atomic E-state index is 2.48. The maximum Gasteiger partial charge on any atom is 0.0713 e. The molecule has 0 saturated heterocycles. The molecule has 0 heterocycles. The van der Waals surface area contributed by atoms with Gasteiger partial charge < -0.3 is 0 Å². The highest BCUT2D eigenvalue weighted by molar-refractivity contribution is 6.25. The van der Waals surface area contributed by atoms with Gasteiger partial charge in [0, 0.05) is 5.41 Å². The zero-order valence-electron chi connectivity index (χ0n) is 39.8. The lowest BCUT2D eigenvalue weighted by Gasteiger charge is -2.34. The molecule has 3 aliphatic carbocycles. The first-order chi connectivity index (χ1) is 33.9. The first-order valence-corrected chi connectivity index (χ1v) is 24.9. The summed E-state index contributed by atoms with van der Waals surface area (Å²) in [6, 6.07) is 86.9. The highest BCUT2D eigenvalue weighted by Crippen LogP contribution is 2.58. The lowest BCUT2D eigenvalue weighted by molar-refractivity contribution is 0.550. The Labute approximate surface area is 407 Å². The molecule has 1 saturated carbocycles. The molecule has 0 amide bonds. The quantitative estimate of drug-likeness (QED) is 0.155. The lowest BCUT2D eigenvalue weighted by Crippen LogP contribution is -2.28. The van der Waals surface area contributed by atoms with Crippen molar-refractivity contribution in [2.24, 2.45) is 0 Å². The van der Waals surface area contributed by atoms with Crippen LogP contribution in [-0.4, -0.2) is 0 Å². The minimum absolute atomic E-state index is 0.263. The van der Waals surface area contributed by atoms with Gasteiger partial charge in [-0.25, -0.2) is 0 Å². The number of benzene rings is 11. The Morgan fingerprint density at radius 3 is 1.32 bits per heavy atom. The van der Waals surface area contributed by atoms with Crippen LogP contribution in [0.4, 0.5) is 0 Å². The minimum atomic E-state index is -0.263. The van der Waals surface area contributed by atoms with Crippen LogP contribution in [0.5, 0.6) is 0 Å². The van der Waals surface area contributed by atoms with Gasteiger partial charge in [0.25, 0.3) is 0 Å². The van der Waals surface area contributed by atoms with E-state index >= 15 is 0 Å². The molecule has 0 heteroatoms. The highest BCUT2D eigenvalue weighted by Gasteiger charge is 2.46.